The van der Waals surface area contributed by atoms with Crippen LogP contribution in [-0.2, 0) is 0 Å². The highest BCUT2D eigenvalue weighted by molar-refractivity contribution is 9.10. The van der Waals surface area contributed by atoms with Crippen LogP contribution in [0.3, 0.4) is 0 Å². The molecule has 1 heterocycles. The van der Waals surface area contributed by atoms with Crippen LogP contribution in [0.25, 0.3) is 0 Å². The molecule has 0 bridgehead atoms. The average molecular weight is 278 g/mol. The summed E-state index contributed by atoms with van der Waals surface area (Å²) < 4.78 is 5.29. The van der Waals surface area contributed by atoms with E-state index in [0.29, 0.717) is 10.2 Å². The van der Waals surface area contributed by atoms with Crippen molar-refractivity contribution in [1.29, 1.82) is 0 Å². The molecule has 0 aliphatic rings. The second-order valence-corrected chi connectivity index (χ2v) is 3.57. The maximum absolute atomic E-state index is 11.8. The summed E-state index contributed by atoms with van der Waals surface area (Å²) in [6.07, 6.45) is 1.40. The van der Waals surface area contributed by atoms with Crippen molar-refractivity contribution in [2.24, 2.45) is 0 Å². The lowest BCUT2D eigenvalue weighted by Crippen LogP contribution is -2.35. The Bertz CT molecular complexity index is 320. The Morgan fingerprint density at radius 2 is 2.00 bits per heavy atom. The lowest BCUT2D eigenvalue weighted by Gasteiger charge is -2.19. The molecule has 6 heteroatoms. The van der Waals surface area contributed by atoms with E-state index < -0.39 is 0 Å². The number of nitrogens with zero attached hydrogens (tertiary/aromatic N) is 1. The van der Waals surface area contributed by atoms with Crippen molar-refractivity contribution in [1.82, 2.24) is 4.90 Å². The molecule has 0 aromatic carbocycles. The van der Waals surface area contributed by atoms with E-state index in [2.05, 4.69) is 15.9 Å². The topological polar surface area (TPSA) is 73.9 Å². The molecule has 0 atom stereocenters. The van der Waals surface area contributed by atoms with E-state index in [4.69, 9.17) is 14.6 Å². The minimum Gasteiger partial charge on any atom is -0.457 e. The van der Waals surface area contributed by atoms with Gasteiger partial charge in [-0.2, -0.15) is 0 Å². The zero-order valence-corrected chi connectivity index (χ0v) is 9.61. The molecule has 1 aromatic rings. The van der Waals surface area contributed by atoms with E-state index in [0.717, 1.165) is 0 Å². The van der Waals surface area contributed by atoms with Crippen molar-refractivity contribution in [2.75, 3.05) is 26.3 Å². The van der Waals surface area contributed by atoms with Gasteiger partial charge in [-0.1, -0.05) is 0 Å². The Balaban J connectivity index is 2.76. The number of hydrogen-bond donors (Lipinski definition) is 2. The van der Waals surface area contributed by atoms with Gasteiger partial charge in [0.25, 0.3) is 5.91 Å². The van der Waals surface area contributed by atoms with Gasteiger partial charge < -0.3 is 19.5 Å². The Kier molecular flexibility index (Phi) is 4.80. The summed E-state index contributed by atoms with van der Waals surface area (Å²) in [6, 6.07) is 1.54. The van der Waals surface area contributed by atoms with Crippen LogP contribution in [0.4, 0.5) is 0 Å². The summed E-state index contributed by atoms with van der Waals surface area (Å²) in [4.78, 5) is 13.2. The molecule has 5 nitrogen and oxygen atoms in total. The molecule has 0 saturated carbocycles. The number of hydrogen-bond acceptors (Lipinski definition) is 4. The number of amides is 1. The number of furan rings is 1. The molecule has 84 valence electrons. The zero-order chi connectivity index (χ0) is 11.3. The van der Waals surface area contributed by atoms with Crippen molar-refractivity contribution in [3.8, 4) is 0 Å². The molecule has 0 aliphatic heterocycles. The van der Waals surface area contributed by atoms with E-state index in [9.17, 15) is 4.79 Å². The summed E-state index contributed by atoms with van der Waals surface area (Å²) >= 11 is 3.10. The largest absolute Gasteiger partial charge is 0.457 e. The first-order valence-corrected chi connectivity index (χ1v) is 5.24. The van der Waals surface area contributed by atoms with Gasteiger partial charge in [0.1, 0.15) is 0 Å². The maximum atomic E-state index is 11.8. The second-order valence-electron chi connectivity index (χ2n) is 2.85. The quantitative estimate of drug-likeness (QED) is 0.821. The number of rotatable bonds is 5. The molecule has 1 aromatic heterocycles. The predicted octanol–water partition coefficient (Wildman–Crippen LogP) is 0.469. The van der Waals surface area contributed by atoms with Crippen LogP contribution >= 0.6 is 15.9 Å². The monoisotopic (exact) mass is 277 g/mol. The van der Waals surface area contributed by atoms with Crippen molar-refractivity contribution < 1.29 is 19.4 Å². The van der Waals surface area contributed by atoms with Crippen molar-refractivity contribution >= 4 is 21.8 Å². The Hall–Kier alpha value is -0.850. The summed E-state index contributed by atoms with van der Waals surface area (Å²) in [5, 5.41) is 17.5. The molecule has 2 N–H and O–H groups in total. The molecule has 1 amide bonds. The lowest BCUT2D eigenvalue weighted by atomic mass is 10.3. The number of carbonyl (C=O) groups is 1. The highest BCUT2D eigenvalue weighted by Gasteiger charge is 2.18. The smallest absolute Gasteiger partial charge is 0.258 e. The molecule has 0 spiro atoms. The Labute approximate surface area is 95.4 Å². The normalized spacial score (nSPS) is 10.3. The molecule has 0 saturated heterocycles. The highest BCUT2D eigenvalue weighted by atomic mass is 79.9. The average Bonchev–Trinajstić information content (AvgIpc) is 2.63. The van der Waals surface area contributed by atoms with Gasteiger partial charge in [0.2, 0.25) is 0 Å². The molecular formula is C9H12BrNO4. The van der Waals surface area contributed by atoms with Crippen molar-refractivity contribution in [3.63, 3.8) is 0 Å². The first kappa shape index (κ1) is 12.2. The number of aliphatic hydroxyl groups excluding tert-OH is 2. The number of aliphatic hydroxyl groups is 2. The van der Waals surface area contributed by atoms with E-state index in [1.54, 1.807) is 0 Å². The minimum atomic E-state index is -0.279. The molecular weight excluding hydrogens is 266 g/mol. The van der Waals surface area contributed by atoms with Crippen LogP contribution in [0, 0.1) is 0 Å². The fourth-order valence-corrected chi connectivity index (χ4v) is 1.58. The zero-order valence-electron chi connectivity index (χ0n) is 8.02. The Morgan fingerprint density at radius 3 is 2.40 bits per heavy atom. The number of halogens is 1. The summed E-state index contributed by atoms with van der Waals surface area (Å²) in [7, 11) is 0. The van der Waals surface area contributed by atoms with Crippen LogP contribution in [0.5, 0.6) is 0 Å². The van der Waals surface area contributed by atoms with E-state index >= 15 is 0 Å². The van der Waals surface area contributed by atoms with Gasteiger partial charge in [-0.15, -0.1) is 0 Å². The van der Waals surface area contributed by atoms with Crippen LogP contribution < -0.4 is 0 Å². The fourth-order valence-electron chi connectivity index (χ4n) is 1.17. The summed E-state index contributed by atoms with van der Waals surface area (Å²) in [5.41, 5.74) is 0.386. The molecule has 0 unspecified atom stereocenters. The first-order chi connectivity index (χ1) is 7.20. The second kappa shape index (κ2) is 5.89. The van der Waals surface area contributed by atoms with Crippen LogP contribution in [-0.4, -0.2) is 47.3 Å². The molecule has 0 fully saturated rings. The van der Waals surface area contributed by atoms with E-state index in [1.807, 2.05) is 0 Å². The van der Waals surface area contributed by atoms with Crippen molar-refractivity contribution in [2.45, 2.75) is 0 Å². The summed E-state index contributed by atoms with van der Waals surface area (Å²) in [5.74, 6) is -0.279. The van der Waals surface area contributed by atoms with Gasteiger partial charge in [-0.25, -0.2) is 0 Å². The molecule has 15 heavy (non-hydrogen) atoms. The van der Waals surface area contributed by atoms with Gasteiger partial charge in [0, 0.05) is 13.1 Å². The van der Waals surface area contributed by atoms with Gasteiger partial charge in [0.15, 0.2) is 4.67 Å². The highest BCUT2D eigenvalue weighted by Crippen LogP contribution is 2.19. The third kappa shape index (κ3) is 3.05. The fraction of sp³-hybridized carbons (Fsp3) is 0.444. The standard InChI is InChI=1S/C9H12BrNO4/c10-8-7(1-6-15-8)9(14)11(2-4-12)3-5-13/h1,6,12-13H,2-5H2. The van der Waals surface area contributed by atoms with Crippen LogP contribution in [0.2, 0.25) is 0 Å². The Morgan fingerprint density at radius 1 is 1.40 bits per heavy atom. The van der Waals surface area contributed by atoms with E-state index in [1.165, 1.54) is 17.2 Å². The molecule has 0 radical (unpaired) electrons. The lowest BCUT2D eigenvalue weighted by molar-refractivity contribution is 0.0683. The maximum Gasteiger partial charge on any atom is 0.258 e. The van der Waals surface area contributed by atoms with Crippen LogP contribution in [0.15, 0.2) is 21.4 Å². The number of carbonyl (C=O) groups excluding carboxylic acids is 1. The molecule has 0 aliphatic carbocycles. The first-order valence-electron chi connectivity index (χ1n) is 4.44. The third-order valence-corrected chi connectivity index (χ3v) is 2.49. The SMILES string of the molecule is O=C(c1ccoc1Br)N(CCO)CCO. The van der Waals surface area contributed by atoms with Crippen LogP contribution in [0.1, 0.15) is 10.4 Å². The van der Waals surface area contributed by atoms with Gasteiger partial charge in [0.05, 0.1) is 25.0 Å². The minimum absolute atomic E-state index is 0.138. The van der Waals surface area contributed by atoms with Gasteiger partial charge >= 0.3 is 0 Å². The van der Waals surface area contributed by atoms with Gasteiger partial charge in [-0.05, 0) is 22.0 Å². The van der Waals surface area contributed by atoms with Crippen molar-refractivity contribution in [3.05, 3.63) is 22.6 Å². The predicted molar refractivity (Wildman–Crippen MR) is 56.5 cm³/mol. The van der Waals surface area contributed by atoms with Gasteiger partial charge in [-0.3, -0.25) is 4.79 Å². The summed E-state index contributed by atoms with van der Waals surface area (Å²) in [6.45, 7) is 0.108. The third-order valence-electron chi connectivity index (χ3n) is 1.88. The molecule has 1 rings (SSSR count). The van der Waals surface area contributed by atoms with E-state index in [-0.39, 0.29) is 32.2 Å².